The Morgan fingerprint density at radius 3 is 2.00 bits per heavy atom. The van der Waals surface area contributed by atoms with E-state index in [4.69, 9.17) is 4.74 Å². The number of alkyl halides is 3. The average Bonchev–Trinajstić information content (AvgIpc) is 2.13. The van der Waals surface area contributed by atoms with Crippen LogP contribution in [0.5, 0.6) is 5.75 Å². The zero-order valence-corrected chi connectivity index (χ0v) is 11.4. The van der Waals surface area contributed by atoms with Crippen LogP contribution < -0.4 is 4.74 Å². The van der Waals surface area contributed by atoms with Crippen molar-refractivity contribution < 1.29 is 17.9 Å². The molecule has 18 heavy (non-hydrogen) atoms. The topological polar surface area (TPSA) is 9.23 Å². The summed E-state index contributed by atoms with van der Waals surface area (Å²) in [6, 6.07) is 3.69. The Bertz CT molecular complexity index is 414. The number of benzene rings is 1. The van der Waals surface area contributed by atoms with Crippen LogP contribution in [0.25, 0.3) is 0 Å². The molecular formula is C14H19F3O. The van der Waals surface area contributed by atoms with Gasteiger partial charge in [0.05, 0.1) is 11.7 Å². The van der Waals surface area contributed by atoms with E-state index in [1.807, 2.05) is 20.8 Å². The number of hydrogen-bond donors (Lipinski definition) is 0. The van der Waals surface area contributed by atoms with Gasteiger partial charge in [-0.15, -0.1) is 0 Å². The van der Waals surface area contributed by atoms with Crippen molar-refractivity contribution in [2.45, 2.75) is 52.3 Å². The second-order valence-electron chi connectivity index (χ2n) is 5.63. The van der Waals surface area contributed by atoms with Gasteiger partial charge in [0, 0.05) is 0 Å². The first kappa shape index (κ1) is 14.9. The summed E-state index contributed by atoms with van der Waals surface area (Å²) in [7, 11) is 0. The fourth-order valence-electron chi connectivity index (χ4n) is 1.67. The largest absolute Gasteiger partial charge is 0.491 e. The molecule has 0 saturated carbocycles. The second-order valence-corrected chi connectivity index (χ2v) is 5.63. The molecule has 0 radical (unpaired) electrons. The van der Waals surface area contributed by atoms with Crippen LogP contribution >= 0.6 is 0 Å². The van der Waals surface area contributed by atoms with Crippen molar-refractivity contribution in [2.75, 3.05) is 0 Å². The Morgan fingerprint density at radius 1 is 1.06 bits per heavy atom. The standard InChI is InChI=1S/C14H19F3O/c1-9(2)18-12-8-10(14(15,16)17)6-7-11(12)13(3,4)5/h6-9H,1-5H3. The van der Waals surface area contributed by atoms with Gasteiger partial charge in [-0.05, 0) is 37.0 Å². The van der Waals surface area contributed by atoms with Crippen LogP contribution in [-0.2, 0) is 11.6 Å². The van der Waals surface area contributed by atoms with E-state index < -0.39 is 11.7 Å². The van der Waals surface area contributed by atoms with Gasteiger partial charge < -0.3 is 4.74 Å². The van der Waals surface area contributed by atoms with Gasteiger partial charge in [-0.1, -0.05) is 26.8 Å². The van der Waals surface area contributed by atoms with Gasteiger partial charge in [0.15, 0.2) is 0 Å². The lowest BCUT2D eigenvalue weighted by molar-refractivity contribution is -0.137. The molecule has 0 aliphatic heterocycles. The van der Waals surface area contributed by atoms with Crippen LogP contribution in [-0.4, -0.2) is 6.10 Å². The molecule has 0 bridgehead atoms. The van der Waals surface area contributed by atoms with Crippen molar-refractivity contribution in [2.24, 2.45) is 0 Å². The molecule has 0 N–H and O–H groups in total. The van der Waals surface area contributed by atoms with E-state index >= 15 is 0 Å². The minimum Gasteiger partial charge on any atom is -0.491 e. The first-order chi connectivity index (χ1) is 8.01. The lowest BCUT2D eigenvalue weighted by Gasteiger charge is -2.25. The maximum Gasteiger partial charge on any atom is 0.416 e. The fourth-order valence-corrected chi connectivity index (χ4v) is 1.67. The zero-order chi connectivity index (χ0) is 14.1. The number of rotatable bonds is 2. The van der Waals surface area contributed by atoms with Crippen LogP contribution in [0.2, 0.25) is 0 Å². The van der Waals surface area contributed by atoms with Crippen molar-refractivity contribution in [1.82, 2.24) is 0 Å². The Labute approximate surface area is 106 Å². The van der Waals surface area contributed by atoms with Crippen LogP contribution in [0.4, 0.5) is 13.2 Å². The third-order valence-corrected chi connectivity index (χ3v) is 2.48. The molecule has 0 aromatic heterocycles. The van der Waals surface area contributed by atoms with Crippen LogP contribution in [0.1, 0.15) is 45.7 Å². The van der Waals surface area contributed by atoms with Crippen LogP contribution in [0.3, 0.4) is 0 Å². The van der Waals surface area contributed by atoms with E-state index in [1.54, 1.807) is 13.8 Å². The Kier molecular flexibility index (Phi) is 3.99. The molecule has 1 aromatic carbocycles. The number of hydrogen-bond acceptors (Lipinski definition) is 1. The summed E-state index contributed by atoms with van der Waals surface area (Å²) in [5.41, 5.74) is -0.149. The predicted molar refractivity (Wildman–Crippen MR) is 65.9 cm³/mol. The van der Waals surface area contributed by atoms with Crippen molar-refractivity contribution in [3.05, 3.63) is 29.3 Å². The summed E-state index contributed by atoms with van der Waals surface area (Å²) < 4.78 is 43.5. The summed E-state index contributed by atoms with van der Waals surface area (Å²) in [5.74, 6) is 0.312. The van der Waals surface area contributed by atoms with Crippen LogP contribution in [0.15, 0.2) is 18.2 Å². The molecule has 4 heteroatoms. The molecule has 0 fully saturated rings. The van der Waals surface area contributed by atoms with E-state index in [1.165, 1.54) is 6.07 Å². The molecule has 102 valence electrons. The molecule has 0 spiro atoms. The zero-order valence-electron chi connectivity index (χ0n) is 11.4. The highest BCUT2D eigenvalue weighted by molar-refractivity contribution is 5.42. The van der Waals surface area contributed by atoms with E-state index in [0.717, 1.165) is 17.7 Å². The molecule has 1 nitrogen and oxygen atoms in total. The quantitative estimate of drug-likeness (QED) is 0.742. The molecule has 0 unspecified atom stereocenters. The van der Waals surface area contributed by atoms with Gasteiger partial charge in [0.1, 0.15) is 5.75 Å². The minimum absolute atomic E-state index is 0.158. The number of halogens is 3. The maximum absolute atomic E-state index is 12.7. The van der Waals surface area contributed by atoms with E-state index in [9.17, 15) is 13.2 Å². The van der Waals surface area contributed by atoms with E-state index in [0.29, 0.717) is 5.75 Å². The molecular weight excluding hydrogens is 241 g/mol. The molecule has 0 heterocycles. The van der Waals surface area contributed by atoms with E-state index in [-0.39, 0.29) is 11.5 Å². The smallest absolute Gasteiger partial charge is 0.416 e. The Hall–Kier alpha value is -1.19. The van der Waals surface area contributed by atoms with Gasteiger partial charge in [-0.25, -0.2) is 0 Å². The molecule has 0 aliphatic carbocycles. The summed E-state index contributed by atoms with van der Waals surface area (Å²) in [6.07, 6.45) is -4.50. The first-order valence-electron chi connectivity index (χ1n) is 5.90. The SMILES string of the molecule is CC(C)Oc1cc(C(F)(F)F)ccc1C(C)(C)C. The molecule has 0 aliphatic rings. The van der Waals surface area contributed by atoms with Gasteiger partial charge in [-0.2, -0.15) is 13.2 Å². The third-order valence-electron chi connectivity index (χ3n) is 2.48. The molecule has 1 rings (SSSR count). The van der Waals surface area contributed by atoms with Gasteiger partial charge >= 0.3 is 6.18 Å². The molecule has 0 atom stereocenters. The summed E-state index contributed by atoms with van der Waals surface area (Å²) >= 11 is 0. The lowest BCUT2D eigenvalue weighted by atomic mass is 9.85. The third kappa shape index (κ3) is 3.65. The minimum atomic E-state index is -4.34. The van der Waals surface area contributed by atoms with Gasteiger partial charge in [0.2, 0.25) is 0 Å². The maximum atomic E-state index is 12.7. The highest BCUT2D eigenvalue weighted by atomic mass is 19.4. The summed E-state index contributed by atoms with van der Waals surface area (Å²) in [6.45, 7) is 9.44. The van der Waals surface area contributed by atoms with Crippen molar-refractivity contribution in [1.29, 1.82) is 0 Å². The van der Waals surface area contributed by atoms with Gasteiger partial charge in [-0.3, -0.25) is 0 Å². The van der Waals surface area contributed by atoms with E-state index in [2.05, 4.69) is 0 Å². The van der Waals surface area contributed by atoms with Crippen molar-refractivity contribution in [3.63, 3.8) is 0 Å². The normalized spacial score (nSPS) is 12.9. The molecule has 1 aromatic rings. The first-order valence-corrected chi connectivity index (χ1v) is 5.90. The highest BCUT2D eigenvalue weighted by Gasteiger charge is 2.32. The van der Waals surface area contributed by atoms with Crippen molar-refractivity contribution in [3.8, 4) is 5.75 Å². The Morgan fingerprint density at radius 2 is 1.61 bits per heavy atom. The number of ether oxygens (including phenoxy) is 1. The molecule has 0 saturated heterocycles. The Balaban J connectivity index is 3.30. The van der Waals surface area contributed by atoms with Gasteiger partial charge in [0.25, 0.3) is 0 Å². The van der Waals surface area contributed by atoms with Crippen LogP contribution in [0, 0.1) is 0 Å². The van der Waals surface area contributed by atoms with Crippen molar-refractivity contribution >= 4 is 0 Å². The highest BCUT2D eigenvalue weighted by Crippen LogP contribution is 2.37. The predicted octanol–water partition coefficient (Wildman–Crippen LogP) is 4.79. The fraction of sp³-hybridized carbons (Fsp3) is 0.571. The average molecular weight is 260 g/mol. The lowest BCUT2D eigenvalue weighted by Crippen LogP contribution is -2.17. The monoisotopic (exact) mass is 260 g/mol. The molecule has 0 amide bonds. The second kappa shape index (κ2) is 4.82. The summed E-state index contributed by atoms with van der Waals surface area (Å²) in [4.78, 5) is 0. The summed E-state index contributed by atoms with van der Waals surface area (Å²) in [5, 5.41) is 0.